The van der Waals surface area contributed by atoms with Gasteiger partial charge in [0.2, 0.25) is 11.8 Å². The lowest BCUT2D eigenvalue weighted by Gasteiger charge is -2.19. The van der Waals surface area contributed by atoms with Gasteiger partial charge >= 0.3 is 35.5 Å². The zero-order chi connectivity index (χ0) is 47.0. The Bertz CT molecular complexity index is 2030. The second-order valence-corrected chi connectivity index (χ2v) is 21.0. The van der Waals surface area contributed by atoms with Gasteiger partial charge in [-0.25, -0.2) is 33.4 Å². The fourth-order valence-electron chi connectivity index (χ4n) is 5.81. The molecule has 3 heterocycles. The highest BCUT2D eigenvalue weighted by Crippen LogP contribution is 2.66. The number of unbranched alkanes of at least 4 members (excludes halogenated alkanes) is 2. The Balaban J connectivity index is 1.38. The van der Waals surface area contributed by atoms with Gasteiger partial charge in [-0.15, -0.1) is 0 Å². The van der Waals surface area contributed by atoms with Gasteiger partial charge in [-0.05, 0) is 39.0 Å². The number of ketones is 1. The van der Waals surface area contributed by atoms with E-state index in [1.807, 2.05) is 0 Å². The number of amides is 3. The highest BCUT2D eigenvalue weighted by atomic mass is 33.1. The number of aliphatic carboxylic acids is 1. The summed E-state index contributed by atoms with van der Waals surface area (Å²) in [6.07, 6.45) is 0.768. The number of ether oxygens (including phenoxy) is 2. The lowest BCUT2D eigenvalue weighted by atomic mass is 9.97. The number of phosphoric ester groups is 1. The summed E-state index contributed by atoms with van der Waals surface area (Å²) < 4.78 is 58.9. The minimum atomic E-state index is -5.75. The van der Waals surface area contributed by atoms with E-state index in [2.05, 4.69) is 44.0 Å². The monoisotopic (exact) mass is 995 g/mol. The zero-order valence-corrected chi connectivity index (χ0v) is 38.6. The SMILES string of the molecule is CCC(CC(=O)CCCCCNC(=O)C(CCCSSCC(C)OC(=O)Nc1ncnc2c1ncn2C1CC(O)C(COP(=O)(O)OP(=O)(O)OP(=O)(O)O)O1)NC(C)=O)C(=O)O. The summed E-state index contributed by atoms with van der Waals surface area (Å²) in [4.78, 5) is 109. The summed E-state index contributed by atoms with van der Waals surface area (Å²) in [6, 6.07) is -0.730. The van der Waals surface area contributed by atoms with Crippen molar-refractivity contribution in [1.82, 2.24) is 30.2 Å². The van der Waals surface area contributed by atoms with Crippen LogP contribution in [0.15, 0.2) is 12.7 Å². The molecule has 3 rings (SSSR count). The predicted molar refractivity (Wildman–Crippen MR) is 224 cm³/mol. The Kier molecular flexibility index (Phi) is 22.0. The number of carboxylic acid groups (broad SMARTS) is 1. The molecule has 8 unspecified atom stereocenters. The van der Waals surface area contributed by atoms with Crippen molar-refractivity contribution in [2.45, 2.75) is 109 Å². The van der Waals surface area contributed by atoms with E-state index in [1.165, 1.54) is 39.4 Å². The number of carbonyl (C=O) groups is 5. The Morgan fingerprint density at radius 2 is 1.73 bits per heavy atom. The molecule has 1 aliphatic heterocycles. The summed E-state index contributed by atoms with van der Waals surface area (Å²) in [5.41, 5.74) is 0.254. The van der Waals surface area contributed by atoms with E-state index in [-0.39, 0.29) is 53.8 Å². The first-order chi connectivity index (χ1) is 29.5. The van der Waals surface area contributed by atoms with E-state index in [0.717, 1.165) is 6.33 Å². The topological polar surface area (TPSA) is 384 Å². The van der Waals surface area contributed by atoms with Gasteiger partial charge in [0.1, 0.15) is 36.6 Å². The van der Waals surface area contributed by atoms with Crippen molar-refractivity contribution in [3.63, 3.8) is 0 Å². The number of hydrogen-bond donors (Lipinski definition) is 9. The molecule has 1 aliphatic rings. The number of aliphatic hydroxyl groups excluding tert-OH is 1. The number of nitrogens with zero attached hydrogens (tertiary/aromatic N) is 4. The molecule has 0 saturated carbocycles. The summed E-state index contributed by atoms with van der Waals surface area (Å²) in [5.74, 6) is -1.41. The van der Waals surface area contributed by atoms with Crippen LogP contribution in [0.2, 0.25) is 0 Å². The molecule has 0 spiro atoms. The molecule has 2 aromatic rings. The Hall–Kier alpha value is -3.07. The van der Waals surface area contributed by atoms with E-state index in [4.69, 9.17) is 24.4 Å². The Morgan fingerprint density at radius 3 is 2.40 bits per heavy atom. The number of aliphatic hydroxyl groups is 1. The van der Waals surface area contributed by atoms with Crippen LogP contribution in [-0.2, 0) is 55.5 Å². The number of anilines is 1. The van der Waals surface area contributed by atoms with Crippen LogP contribution in [0.5, 0.6) is 0 Å². The lowest BCUT2D eigenvalue weighted by Crippen LogP contribution is -2.46. The minimum Gasteiger partial charge on any atom is -0.481 e. The maximum Gasteiger partial charge on any atom is 0.490 e. The van der Waals surface area contributed by atoms with Crippen molar-refractivity contribution < 1.29 is 90.1 Å². The number of aromatic nitrogens is 4. The minimum absolute atomic E-state index is 0.0152. The van der Waals surface area contributed by atoms with Gasteiger partial charge in [-0.2, -0.15) is 8.62 Å². The smallest absolute Gasteiger partial charge is 0.481 e. The average Bonchev–Trinajstić information content (AvgIpc) is 3.76. The first kappa shape index (κ1) is 54.3. The number of hydrogen-bond acceptors (Lipinski definition) is 19. The predicted octanol–water partition coefficient (Wildman–Crippen LogP) is 3.17. The van der Waals surface area contributed by atoms with E-state index in [0.29, 0.717) is 56.6 Å². The molecule has 8 atom stereocenters. The van der Waals surface area contributed by atoms with Gasteiger partial charge in [-0.3, -0.25) is 33.6 Å². The number of nitrogens with one attached hydrogen (secondary N) is 3. The molecule has 1 fully saturated rings. The van der Waals surface area contributed by atoms with E-state index >= 15 is 0 Å². The highest BCUT2D eigenvalue weighted by molar-refractivity contribution is 8.76. The second kappa shape index (κ2) is 25.6. The van der Waals surface area contributed by atoms with Crippen LogP contribution >= 0.6 is 45.1 Å². The number of Topliss-reactive ketones (excluding diaryl/α,β-unsaturated/α-hetero) is 1. The van der Waals surface area contributed by atoms with Crippen molar-refractivity contribution >= 4 is 91.7 Å². The van der Waals surface area contributed by atoms with Crippen LogP contribution in [0, 0.1) is 5.92 Å². The van der Waals surface area contributed by atoms with Crippen molar-refractivity contribution in [3.05, 3.63) is 12.7 Å². The van der Waals surface area contributed by atoms with E-state index < -0.39 is 78.6 Å². The number of imidazole rings is 1. The molecule has 63 heavy (non-hydrogen) atoms. The first-order valence-corrected chi connectivity index (χ1v) is 26.3. The van der Waals surface area contributed by atoms with Crippen molar-refractivity contribution in [2.75, 3.05) is 30.0 Å². The van der Waals surface area contributed by atoms with Crippen LogP contribution in [-0.4, -0.2) is 128 Å². The van der Waals surface area contributed by atoms with E-state index in [1.54, 1.807) is 13.8 Å². The Morgan fingerprint density at radius 1 is 1.00 bits per heavy atom. The standard InChI is InChI=1S/C32H52N7O19P3S2/c1-4-21(31(44)45)13-22(41)9-6-5-7-11-33-30(43)23(37-20(3)40)10-8-12-62-63-16-19(2)55-32(46)38-28-27-29(35-17-34-28)39(18-36-27)26-14-24(42)25(56-26)15-54-60(50,51)58-61(52,53)57-59(47,48)49/h17-19,21,23-26,42H,4-16H2,1-3H3,(H,33,43)(H,37,40)(H,44,45)(H,50,51)(H,52,53)(H2,47,48,49)(H,34,35,38,46). The second-order valence-electron chi connectivity index (χ2n) is 14.0. The number of phosphoric acid groups is 3. The molecule has 0 radical (unpaired) electrons. The summed E-state index contributed by atoms with van der Waals surface area (Å²) in [7, 11) is -13.9. The highest BCUT2D eigenvalue weighted by Gasteiger charge is 2.43. The van der Waals surface area contributed by atoms with Crippen LogP contribution in [0.25, 0.3) is 11.2 Å². The number of fused-ring (bicyclic) bond motifs is 1. The van der Waals surface area contributed by atoms with E-state index in [9.17, 15) is 52.6 Å². The molecule has 1 saturated heterocycles. The molecule has 3 amide bonds. The molecule has 26 nitrogen and oxygen atoms in total. The van der Waals surface area contributed by atoms with Gasteiger partial charge in [0.15, 0.2) is 17.0 Å². The summed E-state index contributed by atoms with van der Waals surface area (Å²) >= 11 is 0. The largest absolute Gasteiger partial charge is 0.490 e. The zero-order valence-electron chi connectivity index (χ0n) is 34.2. The number of rotatable bonds is 29. The fourth-order valence-corrected chi connectivity index (χ4v) is 11.2. The summed E-state index contributed by atoms with van der Waals surface area (Å²) in [5, 5.41) is 27.6. The maximum atomic E-state index is 12.8. The van der Waals surface area contributed by atoms with Crippen LogP contribution < -0.4 is 16.0 Å². The number of carbonyl (C=O) groups excluding carboxylic acids is 4. The normalized spacial score (nSPS) is 19.9. The maximum absolute atomic E-state index is 12.8. The fraction of sp³-hybridized carbons (Fsp3) is 0.688. The molecule has 0 aromatic carbocycles. The molecule has 2 aromatic heterocycles. The molecule has 31 heteroatoms. The van der Waals surface area contributed by atoms with Gasteiger partial charge in [0, 0.05) is 44.2 Å². The van der Waals surface area contributed by atoms with Gasteiger partial charge in [0.25, 0.3) is 0 Å². The van der Waals surface area contributed by atoms with Crippen molar-refractivity contribution in [2.24, 2.45) is 5.92 Å². The number of carboxylic acids is 1. The third-order valence-electron chi connectivity index (χ3n) is 8.77. The quantitative estimate of drug-likeness (QED) is 0.0321. The van der Waals surface area contributed by atoms with Crippen molar-refractivity contribution in [1.29, 1.82) is 0 Å². The van der Waals surface area contributed by atoms with Crippen LogP contribution in [0.3, 0.4) is 0 Å². The van der Waals surface area contributed by atoms with Gasteiger partial charge in [-0.1, -0.05) is 34.9 Å². The molecular weight excluding hydrogens is 943 g/mol. The van der Waals surface area contributed by atoms with Crippen LogP contribution in [0.1, 0.15) is 84.8 Å². The third-order valence-corrected chi connectivity index (χ3v) is 15.2. The first-order valence-electron chi connectivity index (χ1n) is 19.3. The van der Waals surface area contributed by atoms with Gasteiger partial charge < -0.3 is 49.9 Å². The Labute approximate surface area is 368 Å². The molecule has 0 bridgehead atoms. The molecule has 0 aliphatic carbocycles. The third kappa shape index (κ3) is 19.9. The van der Waals surface area contributed by atoms with Gasteiger partial charge in [0.05, 0.1) is 25.0 Å². The molecular formula is C32H52N7O19P3S2. The van der Waals surface area contributed by atoms with Crippen molar-refractivity contribution in [3.8, 4) is 0 Å². The molecule has 9 N–H and O–H groups in total. The molecule has 356 valence electrons. The lowest BCUT2D eigenvalue weighted by molar-refractivity contribution is -0.143. The average molecular weight is 996 g/mol. The van der Waals surface area contributed by atoms with Crippen LogP contribution in [0.4, 0.5) is 10.6 Å². The summed E-state index contributed by atoms with van der Waals surface area (Å²) in [6.45, 7) is 4.20.